The van der Waals surface area contributed by atoms with Crippen LogP contribution in [-0.2, 0) is 6.42 Å². The number of benzene rings is 1. The lowest BCUT2D eigenvalue weighted by Gasteiger charge is -2.37. The standard InChI is InChI=1S/C28H46/c1-4-6-7-8-23-9-11-24(12-10-23)13-14-25-15-17-26(18-16-25)27-19-21-28(3,5-2)22-20-27/h15-18,23-24,27H,4-14,19-22H2,1-3H3/t23-,24-,27?,28?. The van der Waals surface area contributed by atoms with Crippen LogP contribution in [0.3, 0.4) is 0 Å². The van der Waals surface area contributed by atoms with E-state index in [9.17, 15) is 0 Å². The van der Waals surface area contributed by atoms with Gasteiger partial charge in [-0.25, -0.2) is 0 Å². The van der Waals surface area contributed by atoms with Gasteiger partial charge < -0.3 is 0 Å². The molecule has 0 heterocycles. The molecule has 0 radical (unpaired) electrons. The summed E-state index contributed by atoms with van der Waals surface area (Å²) in [4.78, 5) is 0. The van der Waals surface area contributed by atoms with Crippen LogP contribution in [0, 0.1) is 17.3 Å². The van der Waals surface area contributed by atoms with Crippen molar-refractivity contribution in [2.45, 2.75) is 123 Å². The van der Waals surface area contributed by atoms with E-state index < -0.39 is 0 Å². The first-order valence-corrected chi connectivity index (χ1v) is 12.7. The topological polar surface area (TPSA) is 0 Å². The molecule has 0 saturated heterocycles. The highest BCUT2D eigenvalue weighted by atomic mass is 14.3. The fourth-order valence-corrected chi connectivity index (χ4v) is 5.82. The molecular formula is C28H46. The van der Waals surface area contributed by atoms with Gasteiger partial charge in [-0.3, -0.25) is 0 Å². The fraction of sp³-hybridized carbons (Fsp3) is 0.786. The normalized spacial score (nSPS) is 31.0. The maximum absolute atomic E-state index is 2.49. The van der Waals surface area contributed by atoms with Crippen molar-refractivity contribution in [2.24, 2.45) is 17.3 Å². The molecule has 0 atom stereocenters. The lowest BCUT2D eigenvalue weighted by Crippen LogP contribution is -2.22. The van der Waals surface area contributed by atoms with Crippen LogP contribution in [-0.4, -0.2) is 0 Å². The molecule has 0 heteroatoms. The highest BCUT2D eigenvalue weighted by Gasteiger charge is 2.30. The van der Waals surface area contributed by atoms with Crippen LogP contribution in [0.15, 0.2) is 24.3 Å². The number of aryl methyl sites for hydroxylation is 1. The molecule has 3 rings (SSSR count). The van der Waals surface area contributed by atoms with Crippen molar-refractivity contribution in [1.29, 1.82) is 0 Å². The van der Waals surface area contributed by atoms with Crippen molar-refractivity contribution in [1.82, 2.24) is 0 Å². The van der Waals surface area contributed by atoms with Gasteiger partial charge in [-0.15, -0.1) is 0 Å². The minimum Gasteiger partial charge on any atom is -0.0654 e. The van der Waals surface area contributed by atoms with Crippen LogP contribution in [0.4, 0.5) is 0 Å². The molecule has 0 aromatic heterocycles. The van der Waals surface area contributed by atoms with Gasteiger partial charge in [0.25, 0.3) is 0 Å². The van der Waals surface area contributed by atoms with Gasteiger partial charge in [-0.1, -0.05) is 103 Å². The Balaban J connectivity index is 1.37. The molecule has 158 valence electrons. The molecule has 0 N–H and O–H groups in total. The van der Waals surface area contributed by atoms with Crippen molar-refractivity contribution < 1.29 is 0 Å². The molecule has 0 nitrogen and oxygen atoms in total. The molecule has 2 aliphatic rings. The van der Waals surface area contributed by atoms with Gasteiger partial charge in [0.15, 0.2) is 0 Å². The maximum atomic E-state index is 2.49. The molecule has 0 bridgehead atoms. The number of hydrogen-bond acceptors (Lipinski definition) is 0. The van der Waals surface area contributed by atoms with Gasteiger partial charge in [0, 0.05) is 0 Å². The molecule has 2 aliphatic carbocycles. The van der Waals surface area contributed by atoms with Crippen molar-refractivity contribution >= 4 is 0 Å². The SMILES string of the molecule is CCCCC[C@H]1CC[C@H](CCc2ccc(C3CCC(C)(CC)CC3)cc2)CC1. The van der Waals surface area contributed by atoms with Gasteiger partial charge in [-0.2, -0.15) is 0 Å². The first-order chi connectivity index (χ1) is 13.6. The summed E-state index contributed by atoms with van der Waals surface area (Å²) in [6.07, 6.45) is 21.4. The molecule has 0 unspecified atom stereocenters. The Kier molecular flexibility index (Phi) is 8.49. The Hall–Kier alpha value is -0.780. The summed E-state index contributed by atoms with van der Waals surface area (Å²) in [5.74, 6) is 2.86. The summed E-state index contributed by atoms with van der Waals surface area (Å²) < 4.78 is 0. The molecule has 1 aromatic carbocycles. The summed E-state index contributed by atoms with van der Waals surface area (Å²) in [5, 5.41) is 0. The molecule has 2 fully saturated rings. The van der Waals surface area contributed by atoms with Crippen LogP contribution in [0.25, 0.3) is 0 Å². The minimum absolute atomic E-state index is 0.617. The van der Waals surface area contributed by atoms with E-state index in [1.54, 1.807) is 11.1 Å². The van der Waals surface area contributed by atoms with Crippen molar-refractivity contribution in [3.8, 4) is 0 Å². The molecule has 2 saturated carbocycles. The molecule has 0 amide bonds. The molecular weight excluding hydrogens is 336 g/mol. The lowest BCUT2D eigenvalue weighted by molar-refractivity contribution is 0.191. The third-order valence-electron chi connectivity index (χ3n) is 8.52. The minimum atomic E-state index is 0.617. The van der Waals surface area contributed by atoms with E-state index in [0.717, 1.165) is 17.8 Å². The molecule has 1 aromatic rings. The second-order valence-corrected chi connectivity index (χ2v) is 10.6. The zero-order valence-corrected chi connectivity index (χ0v) is 19.1. The number of rotatable bonds is 9. The van der Waals surface area contributed by atoms with E-state index in [2.05, 4.69) is 45.0 Å². The Labute approximate surface area is 175 Å². The van der Waals surface area contributed by atoms with E-state index in [1.807, 2.05) is 0 Å². The first-order valence-electron chi connectivity index (χ1n) is 12.7. The summed E-state index contributed by atoms with van der Waals surface area (Å²) in [5.41, 5.74) is 3.79. The Morgan fingerprint density at radius 2 is 1.39 bits per heavy atom. The van der Waals surface area contributed by atoms with Crippen LogP contribution < -0.4 is 0 Å². The van der Waals surface area contributed by atoms with Gasteiger partial charge in [0.05, 0.1) is 0 Å². The van der Waals surface area contributed by atoms with Gasteiger partial charge in [-0.05, 0) is 72.8 Å². The van der Waals surface area contributed by atoms with E-state index in [4.69, 9.17) is 0 Å². The van der Waals surface area contributed by atoms with Crippen LogP contribution in [0.1, 0.15) is 128 Å². The van der Waals surface area contributed by atoms with Crippen molar-refractivity contribution in [3.05, 3.63) is 35.4 Å². The molecule has 0 aliphatic heterocycles. The molecule has 28 heavy (non-hydrogen) atoms. The maximum Gasteiger partial charge on any atom is -0.0162 e. The monoisotopic (exact) mass is 382 g/mol. The predicted molar refractivity (Wildman–Crippen MR) is 124 cm³/mol. The summed E-state index contributed by atoms with van der Waals surface area (Å²) in [7, 11) is 0. The van der Waals surface area contributed by atoms with Crippen LogP contribution in [0.2, 0.25) is 0 Å². The molecule has 0 spiro atoms. The van der Waals surface area contributed by atoms with Crippen LogP contribution in [0.5, 0.6) is 0 Å². The third kappa shape index (κ3) is 6.36. The van der Waals surface area contributed by atoms with Crippen LogP contribution >= 0.6 is 0 Å². The summed E-state index contributed by atoms with van der Waals surface area (Å²) in [6.45, 7) is 7.18. The van der Waals surface area contributed by atoms with Crippen molar-refractivity contribution in [2.75, 3.05) is 0 Å². The fourth-order valence-electron chi connectivity index (χ4n) is 5.82. The lowest BCUT2D eigenvalue weighted by atomic mass is 9.69. The third-order valence-corrected chi connectivity index (χ3v) is 8.52. The van der Waals surface area contributed by atoms with E-state index in [-0.39, 0.29) is 0 Å². The number of hydrogen-bond donors (Lipinski definition) is 0. The quantitative estimate of drug-likeness (QED) is 0.373. The van der Waals surface area contributed by atoms with E-state index >= 15 is 0 Å². The Morgan fingerprint density at radius 1 is 0.786 bits per heavy atom. The Morgan fingerprint density at radius 3 is 1.96 bits per heavy atom. The first kappa shape index (κ1) is 21.9. The van der Waals surface area contributed by atoms with Gasteiger partial charge >= 0.3 is 0 Å². The second-order valence-electron chi connectivity index (χ2n) is 10.6. The highest BCUT2D eigenvalue weighted by Crippen LogP contribution is 2.44. The average molecular weight is 383 g/mol. The zero-order chi connectivity index (χ0) is 19.8. The summed E-state index contributed by atoms with van der Waals surface area (Å²) in [6, 6.07) is 9.80. The predicted octanol–water partition coefficient (Wildman–Crippen LogP) is 9.08. The highest BCUT2D eigenvalue weighted by molar-refractivity contribution is 5.26. The van der Waals surface area contributed by atoms with Crippen molar-refractivity contribution in [3.63, 3.8) is 0 Å². The average Bonchev–Trinajstić information content (AvgIpc) is 2.74. The van der Waals surface area contributed by atoms with E-state index in [0.29, 0.717) is 5.41 Å². The Bertz CT molecular complexity index is 538. The zero-order valence-electron chi connectivity index (χ0n) is 19.1. The second kappa shape index (κ2) is 10.8. The largest absolute Gasteiger partial charge is 0.0654 e. The van der Waals surface area contributed by atoms with Gasteiger partial charge in [0.2, 0.25) is 0 Å². The van der Waals surface area contributed by atoms with Gasteiger partial charge in [0.1, 0.15) is 0 Å². The summed E-state index contributed by atoms with van der Waals surface area (Å²) >= 11 is 0. The number of unbranched alkanes of at least 4 members (excludes halogenated alkanes) is 2. The van der Waals surface area contributed by atoms with E-state index in [1.165, 1.54) is 96.3 Å². The smallest absolute Gasteiger partial charge is 0.0162 e.